The summed E-state index contributed by atoms with van der Waals surface area (Å²) in [5.41, 5.74) is 7.24. The van der Waals surface area contributed by atoms with E-state index in [1.54, 1.807) is 11.8 Å². The molecule has 0 unspecified atom stereocenters. The van der Waals surface area contributed by atoms with Gasteiger partial charge in [-0.05, 0) is 42.9 Å². The monoisotopic (exact) mass is 796 g/mol. The van der Waals surface area contributed by atoms with Gasteiger partial charge in [-0.15, -0.1) is 12.1 Å². The van der Waals surface area contributed by atoms with Gasteiger partial charge in [-0.25, -0.2) is 0 Å². The Hall–Kier alpha value is -4.91. The van der Waals surface area contributed by atoms with Gasteiger partial charge in [0.1, 0.15) is 10.9 Å². The van der Waals surface area contributed by atoms with Crippen LogP contribution in [0.2, 0.25) is 0 Å². The number of benzene rings is 5. The number of para-hydroxylation sites is 4. The zero-order valence-corrected chi connectivity index (χ0v) is 27.7. The van der Waals surface area contributed by atoms with Gasteiger partial charge in [-0.3, -0.25) is 4.90 Å². The summed E-state index contributed by atoms with van der Waals surface area (Å²) in [5.74, 6) is 0. The standard InChI is InChI=1S/C37H23N5O2S.Pt/c1-23-21-39(2)22-40(23)24-15-17-27-31(19-24)41(29-11-5-3-9-26(29)36(27)43)25-16-18-35-32(20-25)42(30-12-6-8-14-34(30)45-35)37-38-28-10-4-7-13-33(28)44-37;/h3-18,21H,1-2H3;/q-2;. The Labute approximate surface area is 282 Å². The average Bonchev–Trinajstić information content (AvgIpc) is 3.65. The summed E-state index contributed by atoms with van der Waals surface area (Å²) in [6.45, 7) is 2.02. The second-order valence-corrected chi connectivity index (χ2v) is 12.1. The number of pyridine rings is 1. The molecule has 0 saturated heterocycles. The van der Waals surface area contributed by atoms with Crippen molar-refractivity contribution in [2.24, 2.45) is 7.05 Å². The molecule has 4 heterocycles. The zero-order chi connectivity index (χ0) is 30.2. The predicted molar refractivity (Wildman–Crippen MR) is 175 cm³/mol. The SMILES string of the molecule is Cc1c[n+](C)[c-]n1-c1[c-]c2c(cc1)c(=O)c1ccccc1n2-c1[c-]c2c(cc1)Sc1ccccc1N2c1nc2ccccc2o1.[Pt]. The molecule has 8 aromatic rings. The number of nitrogens with zero attached hydrogens (tertiary/aromatic N) is 5. The van der Waals surface area contributed by atoms with Crippen LogP contribution < -0.4 is 14.9 Å². The molecular weight excluding hydrogens is 774 g/mol. The number of oxazole rings is 1. The van der Waals surface area contributed by atoms with Gasteiger partial charge in [0, 0.05) is 43.2 Å². The third-order valence-corrected chi connectivity index (χ3v) is 9.25. The second kappa shape index (κ2) is 10.9. The van der Waals surface area contributed by atoms with E-state index in [9.17, 15) is 4.79 Å². The van der Waals surface area contributed by atoms with Crippen LogP contribution in [0.3, 0.4) is 0 Å². The molecule has 0 saturated carbocycles. The van der Waals surface area contributed by atoms with Crippen molar-refractivity contribution < 1.29 is 30.0 Å². The molecule has 5 aromatic carbocycles. The molecule has 0 atom stereocenters. The normalized spacial score (nSPS) is 12.3. The number of aryl methyl sites for hydroxylation is 2. The maximum absolute atomic E-state index is 13.8. The first kappa shape index (κ1) is 28.6. The van der Waals surface area contributed by atoms with Crippen molar-refractivity contribution in [3.8, 4) is 11.4 Å². The van der Waals surface area contributed by atoms with Crippen LogP contribution in [0.15, 0.2) is 122 Å². The van der Waals surface area contributed by atoms with Gasteiger partial charge in [0.15, 0.2) is 5.58 Å². The van der Waals surface area contributed by atoms with Crippen molar-refractivity contribution in [3.63, 3.8) is 0 Å². The van der Waals surface area contributed by atoms with Gasteiger partial charge >= 0.3 is 6.01 Å². The Kier molecular flexibility index (Phi) is 6.74. The zero-order valence-electron chi connectivity index (χ0n) is 24.6. The van der Waals surface area contributed by atoms with Crippen molar-refractivity contribution >= 4 is 62.1 Å². The number of fused-ring (bicyclic) bond motifs is 5. The van der Waals surface area contributed by atoms with Crippen LogP contribution in [0.5, 0.6) is 0 Å². The summed E-state index contributed by atoms with van der Waals surface area (Å²) in [6, 6.07) is 39.4. The van der Waals surface area contributed by atoms with Gasteiger partial charge in [0.2, 0.25) is 6.33 Å². The first-order chi connectivity index (χ1) is 22.0. The van der Waals surface area contributed by atoms with Gasteiger partial charge in [0.05, 0.1) is 18.3 Å². The molecule has 0 bridgehead atoms. The first-order valence-electron chi connectivity index (χ1n) is 14.5. The van der Waals surface area contributed by atoms with E-state index in [4.69, 9.17) is 9.40 Å². The fourth-order valence-electron chi connectivity index (χ4n) is 6.14. The van der Waals surface area contributed by atoms with E-state index < -0.39 is 0 Å². The van der Waals surface area contributed by atoms with E-state index in [2.05, 4.69) is 41.2 Å². The first-order valence-corrected chi connectivity index (χ1v) is 15.3. The van der Waals surface area contributed by atoms with Crippen LogP contribution in [0.4, 0.5) is 17.4 Å². The van der Waals surface area contributed by atoms with E-state index in [1.165, 1.54) is 0 Å². The van der Waals surface area contributed by atoms with Crippen molar-refractivity contribution in [2.75, 3.05) is 4.90 Å². The molecule has 0 N–H and O–H groups in total. The minimum Gasteiger partial charge on any atom is -0.423 e. The molecule has 7 nitrogen and oxygen atoms in total. The number of hydrogen-bond acceptors (Lipinski definition) is 5. The molecular formula is C37H23N5O2PtS-2. The van der Waals surface area contributed by atoms with E-state index >= 15 is 0 Å². The van der Waals surface area contributed by atoms with Gasteiger partial charge in [-0.1, -0.05) is 69.6 Å². The number of imidazole rings is 1. The third kappa shape index (κ3) is 4.36. The van der Waals surface area contributed by atoms with Crippen LogP contribution >= 0.6 is 11.8 Å². The van der Waals surface area contributed by atoms with E-state index in [1.807, 2.05) is 113 Å². The van der Waals surface area contributed by atoms with Crippen molar-refractivity contribution in [3.05, 3.63) is 138 Å². The van der Waals surface area contributed by atoms with Crippen LogP contribution in [0, 0.1) is 25.4 Å². The van der Waals surface area contributed by atoms with Gasteiger partial charge in [0.25, 0.3) is 0 Å². The summed E-state index contributed by atoms with van der Waals surface area (Å²) in [5, 5.41) is 1.20. The number of rotatable bonds is 3. The molecule has 3 aromatic heterocycles. The quantitative estimate of drug-likeness (QED) is 0.105. The smallest absolute Gasteiger partial charge is 0.305 e. The predicted octanol–water partition coefficient (Wildman–Crippen LogP) is 7.54. The molecule has 9 heteroatoms. The summed E-state index contributed by atoms with van der Waals surface area (Å²) in [6.07, 6.45) is 5.30. The molecule has 9 rings (SSSR count). The Balaban J connectivity index is 0.00000312. The number of anilines is 3. The molecule has 1 aliphatic heterocycles. The molecule has 226 valence electrons. The van der Waals surface area contributed by atoms with E-state index in [-0.39, 0.29) is 26.5 Å². The average molecular weight is 797 g/mol. The number of aromatic nitrogens is 4. The van der Waals surface area contributed by atoms with Gasteiger partial charge < -0.3 is 22.9 Å². The fourth-order valence-corrected chi connectivity index (χ4v) is 7.17. The van der Waals surface area contributed by atoms with Crippen LogP contribution in [-0.2, 0) is 28.1 Å². The Morgan fingerprint density at radius 1 is 0.826 bits per heavy atom. The molecule has 0 radical (unpaired) electrons. The van der Waals surface area contributed by atoms with Crippen molar-refractivity contribution in [1.82, 2.24) is 14.1 Å². The summed E-state index contributed by atoms with van der Waals surface area (Å²) in [7, 11) is 1.94. The molecule has 46 heavy (non-hydrogen) atoms. The van der Waals surface area contributed by atoms with E-state index in [0.29, 0.717) is 27.9 Å². The summed E-state index contributed by atoms with van der Waals surface area (Å²) < 4.78 is 12.2. The Morgan fingerprint density at radius 3 is 2.46 bits per heavy atom. The maximum atomic E-state index is 13.8. The fraction of sp³-hybridized carbons (Fsp3) is 0.0541. The minimum atomic E-state index is -0.0334. The van der Waals surface area contributed by atoms with Crippen molar-refractivity contribution in [2.45, 2.75) is 16.7 Å². The number of hydrogen-bond donors (Lipinski definition) is 0. The molecule has 0 aliphatic carbocycles. The van der Waals surface area contributed by atoms with E-state index in [0.717, 1.165) is 49.3 Å². The summed E-state index contributed by atoms with van der Waals surface area (Å²) >= 11 is 1.69. The minimum absolute atomic E-state index is 0. The topological polar surface area (TPSA) is 60.1 Å². The molecule has 1 aliphatic rings. The second-order valence-electron chi connectivity index (χ2n) is 11.0. The van der Waals surface area contributed by atoms with Crippen molar-refractivity contribution in [1.29, 1.82) is 0 Å². The third-order valence-electron chi connectivity index (χ3n) is 8.14. The molecule has 0 spiro atoms. The molecule has 0 fully saturated rings. The van der Waals surface area contributed by atoms with Crippen LogP contribution in [0.25, 0.3) is 44.3 Å². The van der Waals surface area contributed by atoms with Gasteiger partial charge in [-0.2, -0.15) is 41.0 Å². The summed E-state index contributed by atoms with van der Waals surface area (Å²) in [4.78, 5) is 22.8. The Bertz CT molecular complexity index is 2520. The van der Waals surface area contributed by atoms with Crippen LogP contribution in [0.1, 0.15) is 5.69 Å². The maximum Gasteiger partial charge on any atom is 0.305 e. The van der Waals surface area contributed by atoms with Crippen LogP contribution in [-0.4, -0.2) is 14.1 Å². The largest absolute Gasteiger partial charge is 0.423 e. The Morgan fingerprint density at radius 2 is 1.61 bits per heavy atom. The molecule has 0 amide bonds.